The topological polar surface area (TPSA) is 55.7 Å². The van der Waals surface area contributed by atoms with E-state index in [1.165, 1.54) is 0 Å². The molecule has 1 aromatic heterocycles. The summed E-state index contributed by atoms with van der Waals surface area (Å²) in [6.07, 6.45) is 2.49. The number of aromatic nitrogens is 1. The summed E-state index contributed by atoms with van der Waals surface area (Å²) in [6.45, 7) is 4.79. The Balaban J connectivity index is 1.38. The van der Waals surface area contributed by atoms with Crippen molar-refractivity contribution in [3.8, 4) is 11.5 Å². The van der Waals surface area contributed by atoms with Gasteiger partial charge in [-0.3, -0.25) is 9.69 Å². The van der Waals surface area contributed by atoms with E-state index in [-0.39, 0.29) is 11.8 Å². The summed E-state index contributed by atoms with van der Waals surface area (Å²) in [4.78, 5) is 15.5. The zero-order valence-corrected chi connectivity index (χ0v) is 21.8. The fourth-order valence-electron chi connectivity index (χ4n) is 4.93. The molecule has 6 nitrogen and oxygen atoms in total. The van der Waals surface area contributed by atoms with Crippen molar-refractivity contribution in [3.05, 3.63) is 95.1 Å². The van der Waals surface area contributed by atoms with Crippen LogP contribution in [-0.2, 0) is 16.6 Å². The Labute approximate surface area is 222 Å². The Hall–Kier alpha value is -3.32. The lowest BCUT2D eigenvalue weighted by Crippen LogP contribution is -2.41. The van der Waals surface area contributed by atoms with Crippen LogP contribution in [0, 0.1) is 0 Å². The summed E-state index contributed by atoms with van der Waals surface area (Å²) in [5.41, 5.74) is 3.31. The summed E-state index contributed by atoms with van der Waals surface area (Å²) in [7, 11) is 2.05. The normalized spacial score (nSPS) is 15.0. The van der Waals surface area contributed by atoms with Crippen LogP contribution in [-0.4, -0.2) is 54.8 Å². The van der Waals surface area contributed by atoms with Gasteiger partial charge in [0.15, 0.2) is 0 Å². The smallest absolute Gasteiger partial charge is 0.220 e. The molecule has 0 bridgehead atoms. The molecule has 0 saturated carbocycles. The summed E-state index contributed by atoms with van der Waals surface area (Å²) < 4.78 is 13.7. The number of benzene rings is 3. The van der Waals surface area contributed by atoms with Crippen molar-refractivity contribution in [3.63, 3.8) is 0 Å². The minimum atomic E-state index is -0.122. The number of ether oxygens (including phenoxy) is 2. The van der Waals surface area contributed by atoms with Gasteiger partial charge in [-0.25, -0.2) is 0 Å². The zero-order valence-electron chi connectivity index (χ0n) is 21.0. The number of morpholine rings is 1. The van der Waals surface area contributed by atoms with E-state index in [9.17, 15) is 4.79 Å². The number of carbonyl (C=O) groups excluding carboxylic acids is 1. The summed E-state index contributed by atoms with van der Waals surface area (Å²) in [5.74, 6) is 1.35. The van der Waals surface area contributed by atoms with Gasteiger partial charge in [-0.05, 0) is 53.6 Å². The van der Waals surface area contributed by atoms with Gasteiger partial charge >= 0.3 is 0 Å². The Bertz CT molecular complexity index is 1350. The molecule has 5 rings (SSSR count). The Morgan fingerprint density at radius 3 is 2.62 bits per heavy atom. The van der Waals surface area contributed by atoms with Crippen molar-refractivity contribution in [2.75, 3.05) is 39.4 Å². The predicted octanol–water partition coefficient (Wildman–Crippen LogP) is 5.59. The van der Waals surface area contributed by atoms with Crippen molar-refractivity contribution < 1.29 is 14.3 Å². The molecule has 1 aliphatic rings. The van der Waals surface area contributed by atoms with Gasteiger partial charge in [-0.2, -0.15) is 0 Å². The molecule has 1 amide bonds. The van der Waals surface area contributed by atoms with Crippen LogP contribution < -0.4 is 10.1 Å². The predicted molar refractivity (Wildman–Crippen MR) is 148 cm³/mol. The van der Waals surface area contributed by atoms with Gasteiger partial charge in [-0.15, -0.1) is 0 Å². The van der Waals surface area contributed by atoms with Crippen LogP contribution in [0.5, 0.6) is 11.5 Å². The molecule has 1 atom stereocenters. The van der Waals surface area contributed by atoms with Gasteiger partial charge in [0, 0.05) is 67.7 Å². The molecule has 1 fully saturated rings. The van der Waals surface area contributed by atoms with Crippen LogP contribution in [0.4, 0.5) is 0 Å². The van der Waals surface area contributed by atoms with Gasteiger partial charge in [0.25, 0.3) is 0 Å². The lowest BCUT2D eigenvalue weighted by molar-refractivity contribution is -0.121. The molecule has 1 unspecified atom stereocenters. The van der Waals surface area contributed by atoms with E-state index >= 15 is 0 Å². The molecule has 1 saturated heterocycles. The van der Waals surface area contributed by atoms with Crippen LogP contribution in [0.25, 0.3) is 10.9 Å². The zero-order chi connectivity index (χ0) is 25.6. The molecular weight excluding hydrogens is 486 g/mol. The summed E-state index contributed by atoms with van der Waals surface area (Å²) in [6, 6.07) is 23.6. The minimum absolute atomic E-state index is 0.0372. The van der Waals surface area contributed by atoms with Crippen molar-refractivity contribution in [1.82, 2.24) is 14.8 Å². The lowest BCUT2D eigenvalue weighted by Gasteiger charge is -2.26. The van der Waals surface area contributed by atoms with E-state index in [2.05, 4.69) is 39.2 Å². The highest BCUT2D eigenvalue weighted by molar-refractivity contribution is 6.30. The summed E-state index contributed by atoms with van der Waals surface area (Å²) >= 11 is 6.02. The fraction of sp³-hybridized carbons (Fsp3) is 0.300. The molecule has 0 spiro atoms. The number of fused-ring (bicyclic) bond motifs is 1. The van der Waals surface area contributed by atoms with Crippen LogP contribution in [0.15, 0.2) is 79.0 Å². The first-order valence-corrected chi connectivity index (χ1v) is 13.1. The number of carbonyl (C=O) groups is 1. The Morgan fingerprint density at radius 1 is 1.03 bits per heavy atom. The maximum Gasteiger partial charge on any atom is 0.220 e. The van der Waals surface area contributed by atoms with Gasteiger partial charge < -0.3 is 19.4 Å². The number of nitrogens with one attached hydrogen (secondary N) is 1. The molecule has 192 valence electrons. The van der Waals surface area contributed by atoms with E-state index in [1.54, 1.807) is 12.1 Å². The highest BCUT2D eigenvalue weighted by Crippen LogP contribution is 2.36. The van der Waals surface area contributed by atoms with Gasteiger partial charge in [-0.1, -0.05) is 41.9 Å². The monoisotopic (exact) mass is 517 g/mol. The minimum Gasteiger partial charge on any atom is -0.457 e. The third kappa shape index (κ3) is 6.34. The maximum absolute atomic E-state index is 13.2. The molecule has 1 aliphatic heterocycles. The molecule has 3 aromatic carbocycles. The average molecular weight is 518 g/mol. The van der Waals surface area contributed by atoms with Gasteiger partial charge in [0.2, 0.25) is 5.91 Å². The number of nitrogens with zero attached hydrogens (tertiary/aromatic N) is 2. The van der Waals surface area contributed by atoms with E-state index in [0.717, 1.165) is 60.6 Å². The summed E-state index contributed by atoms with van der Waals surface area (Å²) in [5, 5.41) is 4.96. The standard InChI is InChI=1S/C30H32ClN3O3/c1-33-21-28(26-7-2-3-8-29(26)33)27(20-30(35)32-13-14-34-15-17-36-18-16-34)22-5-4-6-25(19-22)37-24-11-9-23(31)10-12-24/h2-12,19,21,27H,13-18,20H2,1H3,(H,32,35). The Kier molecular flexibility index (Phi) is 8.09. The molecule has 37 heavy (non-hydrogen) atoms. The molecular formula is C30H32ClN3O3. The molecule has 0 radical (unpaired) electrons. The molecule has 1 N–H and O–H groups in total. The third-order valence-electron chi connectivity index (χ3n) is 6.86. The van der Waals surface area contributed by atoms with Crippen molar-refractivity contribution in [1.29, 1.82) is 0 Å². The Morgan fingerprint density at radius 2 is 1.81 bits per heavy atom. The first kappa shape index (κ1) is 25.3. The van der Waals surface area contributed by atoms with Crippen LogP contribution in [0.2, 0.25) is 5.02 Å². The maximum atomic E-state index is 13.2. The fourth-order valence-corrected chi connectivity index (χ4v) is 5.05. The molecule has 4 aromatic rings. The largest absolute Gasteiger partial charge is 0.457 e. The van der Waals surface area contributed by atoms with Crippen molar-refractivity contribution in [2.24, 2.45) is 7.05 Å². The van der Waals surface area contributed by atoms with Crippen LogP contribution in [0.1, 0.15) is 23.5 Å². The second-order valence-electron chi connectivity index (χ2n) is 9.40. The number of halogens is 1. The second-order valence-corrected chi connectivity index (χ2v) is 9.84. The first-order valence-electron chi connectivity index (χ1n) is 12.7. The SMILES string of the molecule is Cn1cc(C(CC(=O)NCCN2CCOCC2)c2cccc(Oc3ccc(Cl)cc3)c2)c2ccccc21. The highest BCUT2D eigenvalue weighted by atomic mass is 35.5. The number of para-hydroxylation sites is 1. The number of hydrogen-bond donors (Lipinski definition) is 1. The molecule has 2 heterocycles. The number of rotatable bonds is 9. The van der Waals surface area contributed by atoms with Crippen molar-refractivity contribution >= 4 is 28.4 Å². The highest BCUT2D eigenvalue weighted by Gasteiger charge is 2.23. The molecule has 7 heteroatoms. The van der Waals surface area contributed by atoms with Crippen LogP contribution in [0.3, 0.4) is 0 Å². The van der Waals surface area contributed by atoms with E-state index in [0.29, 0.717) is 23.7 Å². The van der Waals surface area contributed by atoms with Gasteiger partial charge in [0.05, 0.1) is 13.2 Å². The number of hydrogen-bond acceptors (Lipinski definition) is 4. The molecule has 0 aliphatic carbocycles. The van der Waals surface area contributed by atoms with Gasteiger partial charge in [0.1, 0.15) is 11.5 Å². The number of aryl methyl sites for hydroxylation is 1. The third-order valence-corrected chi connectivity index (χ3v) is 7.11. The van der Waals surface area contributed by atoms with E-state index < -0.39 is 0 Å². The van der Waals surface area contributed by atoms with E-state index in [1.807, 2.05) is 49.5 Å². The van der Waals surface area contributed by atoms with E-state index in [4.69, 9.17) is 21.1 Å². The van der Waals surface area contributed by atoms with Crippen LogP contribution >= 0.6 is 11.6 Å². The quantitative estimate of drug-likeness (QED) is 0.314. The van der Waals surface area contributed by atoms with Crippen molar-refractivity contribution in [2.45, 2.75) is 12.3 Å². The second kappa shape index (κ2) is 11.8. The lowest BCUT2D eigenvalue weighted by atomic mass is 9.88. The number of amides is 1. The average Bonchev–Trinajstić information content (AvgIpc) is 3.25. The first-order chi connectivity index (χ1) is 18.1.